The summed E-state index contributed by atoms with van der Waals surface area (Å²) in [4.78, 5) is 1.18. The Morgan fingerprint density at radius 3 is 2.25 bits per heavy atom. The molecule has 0 saturated heterocycles. The van der Waals surface area contributed by atoms with Crippen LogP contribution in [0.2, 0.25) is 5.02 Å². The zero-order valence-corrected chi connectivity index (χ0v) is 17.3. The summed E-state index contributed by atoms with van der Waals surface area (Å²) in [7, 11) is 0. The largest absolute Gasteiger partial charge is 0.298 e. The van der Waals surface area contributed by atoms with Crippen LogP contribution in [0.1, 0.15) is 22.2 Å². The van der Waals surface area contributed by atoms with E-state index in [-0.39, 0.29) is 5.25 Å². The van der Waals surface area contributed by atoms with Crippen molar-refractivity contribution in [2.24, 2.45) is 0 Å². The Kier molecular flexibility index (Phi) is 5.95. The highest BCUT2D eigenvalue weighted by Crippen LogP contribution is 2.39. The van der Waals surface area contributed by atoms with Crippen LogP contribution >= 0.6 is 35.6 Å². The second-order valence-corrected chi connectivity index (χ2v) is 8.32. The van der Waals surface area contributed by atoms with Gasteiger partial charge in [0.1, 0.15) is 5.82 Å². The van der Waals surface area contributed by atoms with Gasteiger partial charge in [-0.15, -0.1) is 11.8 Å². The van der Waals surface area contributed by atoms with Gasteiger partial charge in [-0.05, 0) is 47.6 Å². The first-order valence-electron chi connectivity index (χ1n) is 8.87. The lowest BCUT2D eigenvalue weighted by molar-refractivity contribution is 0.727. The van der Waals surface area contributed by atoms with Crippen molar-refractivity contribution in [1.82, 2.24) is 14.8 Å². The fraction of sp³-hybridized carbons (Fsp3) is 0.0909. The Labute approximate surface area is 178 Å². The van der Waals surface area contributed by atoms with Crippen molar-refractivity contribution in [3.05, 3.63) is 112 Å². The lowest BCUT2D eigenvalue weighted by Gasteiger charge is -2.18. The summed E-state index contributed by atoms with van der Waals surface area (Å²) >= 11 is 13.3. The van der Waals surface area contributed by atoms with Crippen LogP contribution in [0.5, 0.6) is 0 Å². The first-order valence-corrected chi connectivity index (χ1v) is 10.5. The first kappa shape index (κ1) is 19.0. The quantitative estimate of drug-likeness (QED) is 0.283. The molecule has 0 spiro atoms. The van der Waals surface area contributed by atoms with E-state index in [0.29, 0.717) is 11.3 Å². The van der Waals surface area contributed by atoms with Gasteiger partial charge in [0.25, 0.3) is 0 Å². The van der Waals surface area contributed by atoms with Gasteiger partial charge in [0.05, 0.1) is 11.8 Å². The SMILES string of the molecule is S=c1[nH]nc([C@@H](Sc2ccccc2)c2ccccc2)n1Cc1ccc(Cl)cc1. The molecule has 0 saturated carbocycles. The van der Waals surface area contributed by atoms with Crippen molar-refractivity contribution >= 4 is 35.6 Å². The van der Waals surface area contributed by atoms with Crippen molar-refractivity contribution < 1.29 is 0 Å². The second-order valence-electron chi connectivity index (χ2n) is 6.32. The average Bonchev–Trinajstić information content (AvgIpc) is 3.09. The standard InChI is InChI=1S/C22H18ClN3S2/c23-18-13-11-16(12-14-18)15-26-21(24-25-22(26)27)20(17-7-3-1-4-8-17)28-19-9-5-2-6-10-19/h1-14,20H,15H2,(H,25,27)/t20-/m0/s1. The van der Waals surface area contributed by atoms with Crippen LogP contribution in [-0.2, 0) is 6.54 Å². The molecule has 140 valence electrons. The van der Waals surface area contributed by atoms with Gasteiger partial charge in [0.2, 0.25) is 0 Å². The lowest BCUT2D eigenvalue weighted by Crippen LogP contribution is -2.10. The minimum Gasteiger partial charge on any atom is -0.298 e. The predicted octanol–water partition coefficient (Wildman–Crippen LogP) is 6.52. The van der Waals surface area contributed by atoms with Gasteiger partial charge in [0, 0.05) is 9.92 Å². The molecule has 1 aromatic heterocycles. The Morgan fingerprint density at radius 1 is 0.929 bits per heavy atom. The highest BCUT2D eigenvalue weighted by molar-refractivity contribution is 7.99. The third-order valence-electron chi connectivity index (χ3n) is 4.38. The van der Waals surface area contributed by atoms with Crippen LogP contribution in [0.3, 0.4) is 0 Å². The number of nitrogens with zero attached hydrogens (tertiary/aromatic N) is 2. The molecule has 0 aliphatic heterocycles. The number of halogens is 1. The fourth-order valence-electron chi connectivity index (χ4n) is 2.99. The number of nitrogens with one attached hydrogen (secondary N) is 1. The number of thioether (sulfide) groups is 1. The third-order valence-corrected chi connectivity index (χ3v) is 6.20. The summed E-state index contributed by atoms with van der Waals surface area (Å²) in [5.74, 6) is 0.903. The van der Waals surface area contributed by atoms with Gasteiger partial charge >= 0.3 is 0 Å². The van der Waals surface area contributed by atoms with E-state index in [1.165, 1.54) is 10.5 Å². The molecule has 1 heterocycles. The molecule has 6 heteroatoms. The average molecular weight is 424 g/mol. The van der Waals surface area contributed by atoms with Crippen molar-refractivity contribution in [1.29, 1.82) is 0 Å². The van der Waals surface area contributed by atoms with Crippen LogP contribution < -0.4 is 0 Å². The minimum atomic E-state index is 0.0175. The number of rotatable bonds is 6. The molecular weight excluding hydrogens is 406 g/mol. The van der Waals surface area contributed by atoms with Crippen LogP contribution in [-0.4, -0.2) is 14.8 Å². The zero-order valence-electron chi connectivity index (χ0n) is 15.0. The van der Waals surface area contributed by atoms with Gasteiger partial charge in [-0.2, -0.15) is 5.10 Å². The van der Waals surface area contributed by atoms with Crippen molar-refractivity contribution in [3.8, 4) is 0 Å². The molecule has 0 aliphatic carbocycles. The van der Waals surface area contributed by atoms with Crippen LogP contribution in [0.15, 0.2) is 89.8 Å². The summed E-state index contributed by atoms with van der Waals surface area (Å²) < 4.78 is 2.67. The van der Waals surface area contributed by atoms with E-state index in [4.69, 9.17) is 23.8 Å². The summed E-state index contributed by atoms with van der Waals surface area (Å²) in [5, 5.41) is 8.32. The van der Waals surface area contributed by atoms with E-state index >= 15 is 0 Å². The van der Waals surface area contributed by atoms with Crippen molar-refractivity contribution in [2.75, 3.05) is 0 Å². The van der Waals surface area contributed by atoms with Gasteiger partial charge in [-0.25, -0.2) is 0 Å². The number of hydrogen-bond acceptors (Lipinski definition) is 3. The minimum absolute atomic E-state index is 0.0175. The Balaban J connectivity index is 1.74. The van der Waals surface area contributed by atoms with E-state index in [2.05, 4.69) is 63.3 Å². The third kappa shape index (κ3) is 4.38. The number of aromatic nitrogens is 3. The fourth-order valence-corrected chi connectivity index (χ4v) is 4.48. The molecule has 3 aromatic carbocycles. The second kappa shape index (κ2) is 8.78. The van der Waals surface area contributed by atoms with E-state index in [1.807, 2.05) is 36.4 Å². The van der Waals surface area contributed by atoms with Crippen molar-refractivity contribution in [2.45, 2.75) is 16.7 Å². The van der Waals surface area contributed by atoms with Gasteiger partial charge < -0.3 is 0 Å². The van der Waals surface area contributed by atoms with Crippen LogP contribution in [0.4, 0.5) is 0 Å². The smallest absolute Gasteiger partial charge is 0.195 e. The molecule has 0 unspecified atom stereocenters. The van der Waals surface area contributed by atoms with Crippen molar-refractivity contribution in [3.63, 3.8) is 0 Å². The Morgan fingerprint density at radius 2 is 1.57 bits per heavy atom. The first-order chi connectivity index (χ1) is 13.7. The highest BCUT2D eigenvalue weighted by atomic mass is 35.5. The maximum atomic E-state index is 6.03. The molecular formula is C22H18ClN3S2. The summed E-state index contributed by atoms with van der Waals surface area (Å²) in [6.07, 6.45) is 0. The molecule has 1 N–H and O–H groups in total. The Bertz CT molecular complexity index is 1090. The van der Waals surface area contributed by atoms with Gasteiger partial charge in [-0.3, -0.25) is 9.67 Å². The van der Waals surface area contributed by atoms with E-state index < -0.39 is 0 Å². The molecule has 4 aromatic rings. The number of hydrogen-bond donors (Lipinski definition) is 1. The predicted molar refractivity (Wildman–Crippen MR) is 119 cm³/mol. The summed E-state index contributed by atoms with van der Waals surface area (Å²) in [5.41, 5.74) is 2.31. The maximum absolute atomic E-state index is 6.03. The lowest BCUT2D eigenvalue weighted by atomic mass is 10.1. The normalized spacial score (nSPS) is 12.0. The van der Waals surface area contributed by atoms with E-state index in [1.54, 1.807) is 11.8 Å². The molecule has 1 atom stereocenters. The molecule has 28 heavy (non-hydrogen) atoms. The maximum Gasteiger partial charge on any atom is 0.195 e. The van der Waals surface area contributed by atoms with E-state index in [0.717, 1.165) is 16.4 Å². The topological polar surface area (TPSA) is 33.6 Å². The monoisotopic (exact) mass is 423 g/mol. The number of benzene rings is 3. The number of aromatic amines is 1. The molecule has 0 fully saturated rings. The molecule has 4 rings (SSSR count). The zero-order chi connectivity index (χ0) is 19.3. The molecule has 0 radical (unpaired) electrons. The Hall–Kier alpha value is -2.34. The molecule has 0 aliphatic rings. The number of H-pyrrole nitrogens is 1. The van der Waals surface area contributed by atoms with E-state index in [9.17, 15) is 0 Å². The van der Waals surface area contributed by atoms with Crippen LogP contribution in [0.25, 0.3) is 0 Å². The highest BCUT2D eigenvalue weighted by Gasteiger charge is 2.22. The molecule has 3 nitrogen and oxygen atoms in total. The van der Waals surface area contributed by atoms with Gasteiger partial charge in [-0.1, -0.05) is 72.3 Å². The molecule has 0 bridgehead atoms. The van der Waals surface area contributed by atoms with Crippen LogP contribution in [0, 0.1) is 4.77 Å². The molecule has 0 amide bonds. The summed E-state index contributed by atoms with van der Waals surface area (Å²) in [6, 6.07) is 28.6. The van der Waals surface area contributed by atoms with Gasteiger partial charge in [0.15, 0.2) is 4.77 Å². The summed E-state index contributed by atoms with van der Waals surface area (Å²) in [6.45, 7) is 0.639.